The molecule has 272 valence electrons. The summed E-state index contributed by atoms with van der Waals surface area (Å²) < 4.78 is 2.39. The van der Waals surface area contributed by atoms with Crippen LogP contribution in [0.25, 0.3) is 82.4 Å². The largest absolute Gasteiger partial charge is 0.310 e. The molecular formula is C56H38N2. The van der Waals surface area contributed by atoms with Gasteiger partial charge in [0.2, 0.25) is 0 Å². The maximum Gasteiger partial charge on any atom is 0.0561 e. The van der Waals surface area contributed by atoms with Gasteiger partial charge in [-0.3, -0.25) is 0 Å². The highest BCUT2D eigenvalue weighted by atomic mass is 15.1. The minimum Gasteiger partial charge on any atom is -0.310 e. The summed E-state index contributed by atoms with van der Waals surface area (Å²) in [5, 5.41) is 7.39. The second kappa shape index (κ2) is 14.1. The van der Waals surface area contributed by atoms with Crippen LogP contribution in [0.15, 0.2) is 231 Å². The van der Waals surface area contributed by atoms with Gasteiger partial charge in [-0.15, -0.1) is 0 Å². The molecule has 0 aliphatic carbocycles. The number of nitrogens with zero attached hydrogens (tertiary/aromatic N) is 2. The second-order valence-electron chi connectivity index (χ2n) is 15.0. The zero-order valence-electron chi connectivity index (χ0n) is 31.8. The van der Waals surface area contributed by atoms with Crippen molar-refractivity contribution in [3.8, 4) is 39.1 Å². The van der Waals surface area contributed by atoms with Crippen LogP contribution in [0.1, 0.15) is 0 Å². The Morgan fingerprint density at radius 2 is 0.759 bits per heavy atom. The molecule has 0 fully saturated rings. The molecule has 1 aromatic heterocycles. The topological polar surface area (TPSA) is 8.17 Å². The quantitative estimate of drug-likeness (QED) is 0.158. The predicted octanol–water partition coefficient (Wildman–Crippen LogP) is 15.6. The van der Waals surface area contributed by atoms with Crippen molar-refractivity contribution in [3.05, 3.63) is 231 Å². The van der Waals surface area contributed by atoms with E-state index in [0.717, 1.165) is 22.7 Å². The smallest absolute Gasteiger partial charge is 0.0561 e. The van der Waals surface area contributed by atoms with E-state index in [9.17, 15) is 0 Å². The molecule has 0 bridgehead atoms. The molecule has 0 N–H and O–H groups in total. The van der Waals surface area contributed by atoms with Gasteiger partial charge in [-0.2, -0.15) is 0 Å². The first-order valence-electron chi connectivity index (χ1n) is 19.9. The third-order valence-corrected chi connectivity index (χ3v) is 11.5. The summed E-state index contributed by atoms with van der Waals surface area (Å²) in [5.74, 6) is 0. The molecule has 58 heavy (non-hydrogen) atoms. The predicted molar refractivity (Wildman–Crippen MR) is 247 cm³/mol. The molecule has 11 rings (SSSR count). The van der Waals surface area contributed by atoms with Gasteiger partial charge in [0.05, 0.1) is 11.0 Å². The fourth-order valence-electron chi connectivity index (χ4n) is 8.65. The number of para-hydroxylation sites is 2. The van der Waals surface area contributed by atoms with Crippen molar-refractivity contribution < 1.29 is 0 Å². The van der Waals surface area contributed by atoms with E-state index in [0.29, 0.717) is 0 Å². The highest BCUT2D eigenvalue weighted by Crippen LogP contribution is 2.42. The van der Waals surface area contributed by atoms with E-state index in [1.54, 1.807) is 0 Å². The monoisotopic (exact) mass is 738 g/mol. The maximum atomic E-state index is 2.40. The molecule has 0 saturated carbocycles. The third kappa shape index (κ3) is 6.00. The van der Waals surface area contributed by atoms with E-state index < -0.39 is 0 Å². The Hall–Kier alpha value is -7.68. The van der Waals surface area contributed by atoms with Crippen LogP contribution in [-0.4, -0.2) is 4.57 Å². The van der Waals surface area contributed by atoms with Gasteiger partial charge in [-0.05, 0) is 128 Å². The number of anilines is 3. The second-order valence-corrected chi connectivity index (χ2v) is 15.0. The average molecular weight is 739 g/mol. The number of hydrogen-bond acceptors (Lipinski definition) is 1. The Labute approximate surface area is 338 Å². The van der Waals surface area contributed by atoms with Crippen molar-refractivity contribution in [1.29, 1.82) is 0 Å². The average Bonchev–Trinajstić information content (AvgIpc) is 3.63. The van der Waals surface area contributed by atoms with E-state index in [1.807, 2.05) is 0 Å². The third-order valence-electron chi connectivity index (χ3n) is 11.5. The molecule has 0 spiro atoms. The van der Waals surface area contributed by atoms with Crippen LogP contribution < -0.4 is 4.90 Å². The Bertz CT molecular complexity index is 3290. The number of rotatable bonds is 7. The molecule has 1 heterocycles. The summed E-state index contributed by atoms with van der Waals surface area (Å²) in [7, 11) is 0. The fourth-order valence-corrected chi connectivity index (χ4v) is 8.65. The summed E-state index contributed by atoms with van der Waals surface area (Å²) in [6.45, 7) is 0. The lowest BCUT2D eigenvalue weighted by atomic mass is 9.96. The Balaban J connectivity index is 1.03. The van der Waals surface area contributed by atoms with Gasteiger partial charge in [0.1, 0.15) is 0 Å². The molecule has 0 saturated heterocycles. The van der Waals surface area contributed by atoms with Gasteiger partial charge in [0.25, 0.3) is 0 Å². The van der Waals surface area contributed by atoms with Crippen molar-refractivity contribution in [1.82, 2.24) is 4.57 Å². The molecule has 0 aliphatic heterocycles. The summed E-state index contributed by atoms with van der Waals surface area (Å²) in [6, 6.07) is 83.8. The number of fused-ring (bicyclic) bond motifs is 5. The van der Waals surface area contributed by atoms with Gasteiger partial charge >= 0.3 is 0 Å². The van der Waals surface area contributed by atoms with E-state index in [1.165, 1.54) is 76.7 Å². The van der Waals surface area contributed by atoms with Gasteiger partial charge < -0.3 is 9.47 Å². The first-order valence-corrected chi connectivity index (χ1v) is 19.9. The lowest BCUT2D eigenvalue weighted by Crippen LogP contribution is -2.10. The van der Waals surface area contributed by atoms with Crippen LogP contribution >= 0.6 is 0 Å². The highest BCUT2D eigenvalue weighted by Gasteiger charge is 2.18. The van der Waals surface area contributed by atoms with Crippen LogP contribution in [0.5, 0.6) is 0 Å². The molecule has 0 atom stereocenters. The van der Waals surface area contributed by atoms with Crippen molar-refractivity contribution in [2.45, 2.75) is 0 Å². The van der Waals surface area contributed by atoms with Crippen LogP contribution in [0.2, 0.25) is 0 Å². The zero-order valence-corrected chi connectivity index (χ0v) is 31.8. The minimum atomic E-state index is 1.10. The first kappa shape index (κ1) is 33.6. The van der Waals surface area contributed by atoms with E-state index >= 15 is 0 Å². The number of benzene rings is 10. The fraction of sp³-hybridized carbons (Fsp3) is 0. The summed E-state index contributed by atoms with van der Waals surface area (Å²) in [6.07, 6.45) is 0. The van der Waals surface area contributed by atoms with Gasteiger partial charge in [-0.1, -0.05) is 158 Å². The standard InChI is InChI=1S/C56H38N2/c1-3-13-39(14-4-1)44-19-12-22-50(36-44)57(52-31-32-54-53-23-9-10-24-55(53)58(56(54)38-52)49-20-5-2-6-21-49)51-30-29-47-35-46(27-28-48(47)37-51)43-18-11-17-42(34-43)45-26-25-40-15-7-8-16-41(40)33-45/h1-38H. The summed E-state index contributed by atoms with van der Waals surface area (Å²) in [5.41, 5.74) is 14.0. The maximum absolute atomic E-state index is 2.40. The summed E-state index contributed by atoms with van der Waals surface area (Å²) in [4.78, 5) is 2.40. The van der Waals surface area contributed by atoms with Crippen molar-refractivity contribution in [2.24, 2.45) is 0 Å². The molecule has 0 radical (unpaired) electrons. The molecule has 2 heteroatoms. The van der Waals surface area contributed by atoms with Crippen molar-refractivity contribution in [2.75, 3.05) is 4.90 Å². The van der Waals surface area contributed by atoms with Crippen LogP contribution in [-0.2, 0) is 0 Å². The lowest BCUT2D eigenvalue weighted by molar-refractivity contribution is 1.18. The lowest BCUT2D eigenvalue weighted by Gasteiger charge is -2.27. The van der Waals surface area contributed by atoms with Gasteiger partial charge in [0.15, 0.2) is 0 Å². The van der Waals surface area contributed by atoms with E-state index in [2.05, 4.69) is 240 Å². The zero-order chi connectivity index (χ0) is 38.4. The Kier molecular flexibility index (Phi) is 8.19. The van der Waals surface area contributed by atoms with Crippen LogP contribution in [0.3, 0.4) is 0 Å². The Morgan fingerprint density at radius 1 is 0.259 bits per heavy atom. The summed E-state index contributed by atoms with van der Waals surface area (Å²) >= 11 is 0. The highest BCUT2D eigenvalue weighted by molar-refractivity contribution is 6.10. The molecule has 0 unspecified atom stereocenters. The molecule has 0 aliphatic rings. The van der Waals surface area contributed by atoms with Crippen molar-refractivity contribution in [3.63, 3.8) is 0 Å². The molecule has 10 aromatic carbocycles. The van der Waals surface area contributed by atoms with Crippen LogP contribution in [0.4, 0.5) is 17.1 Å². The Morgan fingerprint density at radius 3 is 1.55 bits per heavy atom. The molecule has 2 nitrogen and oxygen atoms in total. The number of aromatic nitrogens is 1. The van der Waals surface area contributed by atoms with Crippen LogP contribution in [0, 0.1) is 0 Å². The van der Waals surface area contributed by atoms with Gasteiger partial charge in [-0.25, -0.2) is 0 Å². The van der Waals surface area contributed by atoms with Crippen molar-refractivity contribution >= 4 is 60.4 Å². The minimum absolute atomic E-state index is 1.10. The van der Waals surface area contributed by atoms with E-state index in [4.69, 9.17) is 0 Å². The molecule has 11 aromatic rings. The van der Waals surface area contributed by atoms with E-state index in [-0.39, 0.29) is 0 Å². The first-order chi connectivity index (χ1) is 28.7. The SMILES string of the molecule is c1ccc(-c2cccc(N(c3ccc4cc(-c5cccc(-c6ccc7ccccc7c6)c5)ccc4c3)c3ccc4c5ccccc5n(-c5ccccc5)c4c3)c2)cc1. The normalized spacial score (nSPS) is 11.4. The number of hydrogen-bond donors (Lipinski definition) is 0. The van der Waals surface area contributed by atoms with Gasteiger partial charge in [0, 0.05) is 33.5 Å². The molecule has 0 amide bonds. The molecular weight excluding hydrogens is 701 g/mol.